The van der Waals surface area contributed by atoms with E-state index in [1.165, 1.54) is 23.2 Å². The van der Waals surface area contributed by atoms with E-state index in [0.29, 0.717) is 12.8 Å². The number of primary amides is 1. The van der Waals surface area contributed by atoms with Gasteiger partial charge in [0.05, 0.1) is 17.7 Å². The van der Waals surface area contributed by atoms with Crippen molar-refractivity contribution in [3.05, 3.63) is 41.7 Å². The fraction of sp³-hybridized carbons (Fsp3) is 0.634. The number of amides is 6. The van der Waals surface area contributed by atoms with Gasteiger partial charge in [-0.2, -0.15) is 0 Å². The van der Waals surface area contributed by atoms with Gasteiger partial charge in [0.15, 0.2) is 0 Å². The maximum absolute atomic E-state index is 14.4. The normalized spacial score (nSPS) is 18.1. The zero-order chi connectivity index (χ0) is 43.2. The number of esters is 1. The summed E-state index contributed by atoms with van der Waals surface area (Å²) in [5.41, 5.74) is 4.20. The highest BCUT2D eigenvalue weighted by Gasteiger charge is 2.43. The van der Waals surface area contributed by atoms with Gasteiger partial charge in [-0.15, -0.1) is 0 Å². The first-order valence-corrected chi connectivity index (χ1v) is 20.2. The number of nitrogens with zero attached hydrogens (tertiary/aromatic N) is 2. The lowest BCUT2D eigenvalue weighted by Gasteiger charge is -2.36. The van der Waals surface area contributed by atoms with Crippen molar-refractivity contribution in [3.8, 4) is 0 Å². The third kappa shape index (κ3) is 13.6. The molecule has 1 saturated heterocycles. The van der Waals surface area contributed by atoms with E-state index >= 15 is 0 Å². The van der Waals surface area contributed by atoms with Crippen molar-refractivity contribution >= 4 is 47.4 Å². The summed E-state index contributed by atoms with van der Waals surface area (Å²) >= 11 is 0. The van der Waals surface area contributed by atoms with Crippen molar-refractivity contribution in [1.82, 2.24) is 31.2 Å². The van der Waals surface area contributed by atoms with Crippen molar-refractivity contribution in [2.24, 2.45) is 23.0 Å². The lowest BCUT2D eigenvalue weighted by atomic mass is 9.83. The van der Waals surface area contributed by atoms with Gasteiger partial charge in [-0.25, -0.2) is 9.59 Å². The predicted molar refractivity (Wildman–Crippen MR) is 213 cm³/mol. The molecule has 7 N–H and O–H groups in total. The number of allylic oxidation sites excluding steroid dienone is 1. The van der Waals surface area contributed by atoms with Crippen LogP contribution in [0.4, 0.5) is 0 Å². The highest BCUT2D eigenvalue weighted by atomic mass is 16.5. The van der Waals surface area contributed by atoms with Gasteiger partial charge in [-0.1, -0.05) is 60.0 Å². The first kappa shape index (κ1) is 47.0. The number of nitrogens with one attached hydrogen (secondary N) is 4. The van der Waals surface area contributed by atoms with Crippen LogP contribution in [0.2, 0.25) is 0 Å². The molecule has 2 aliphatic rings. The van der Waals surface area contributed by atoms with Gasteiger partial charge in [0.1, 0.15) is 30.2 Å². The fourth-order valence-corrected chi connectivity index (χ4v) is 7.37. The molecule has 2 fully saturated rings. The molecule has 1 aromatic heterocycles. The Labute approximate surface area is 340 Å². The van der Waals surface area contributed by atoms with E-state index in [1.54, 1.807) is 27.7 Å². The molecule has 0 spiro atoms. The highest BCUT2D eigenvalue weighted by Crippen LogP contribution is 2.28. The maximum Gasteiger partial charge on any atom is 0.336 e. The van der Waals surface area contributed by atoms with E-state index in [-0.39, 0.29) is 55.4 Å². The molecule has 17 heteroatoms. The van der Waals surface area contributed by atoms with Crippen molar-refractivity contribution in [2.45, 2.75) is 136 Å². The Kier molecular flexibility index (Phi) is 17.8. The lowest BCUT2D eigenvalue weighted by Crippen LogP contribution is -2.61. The topological polar surface area (TPSA) is 256 Å². The van der Waals surface area contributed by atoms with Gasteiger partial charge in [0.25, 0.3) is 5.91 Å². The number of rotatable bonds is 19. The van der Waals surface area contributed by atoms with Crippen molar-refractivity contribution in [3.63, 3.8) is 0 Å². The SMILES string of the molecule is CCOC(=O)/C=C/CC[C@H](NC(=O)c1cnccc1C(=O)O)C(=O)N[C@H](C(=O)N1CCC[C@H]1C(=O)N[C@@H](CC(C)C)C(=O)N[C@H](C(N)=O)C1CCCCC1)C(C)(C)C. The largest absolute Gasteiger partial charge is 0.478 e. The molecule has 0 bridgehead atoms. The van der Waals surface area contributed by atoms with Crippen LogP contribution in [0.1, 0.15) is 126 Å². The predicted octanol–water partition coefficient (Wildman–Crippen LogP) is 2.38. The fourth-order valence-electron chi connectivity index (χ4n) is 7.37. The Morgan fingerprint density at radius 3 is 2.21 bits per heavy atom. The number of carbonyl (C=O) groups excluding carboxylic acids is 7. The molecule has 1 aliphatic carbocycles. The Morgan fingerprint density at radius 1 is 0.931 bits per heavy atom. The molecule has 1 aliphatic heterocycles. The molecule has 1 saturated carbocycles. The van der Waals surface area contributed by atoms with E-state index < -0.39 is 83.0 Å². The van der Waals surface area contributed by atoms with E-state index in [4.69, 9.17) is 10.5 Å². The highest BCUT2D eigenvalue weighted by molar-refractivity contribution is 6.06. The van der Waals surface area contributed by atoms with Crippen LogP contribution in [0.15, 0.2) is 30.6 Å². The number of ether oxygens (including phenoxy) is 1. The summed E-state index contributed by atoms with van der Waals surface area (Å²) in [5.74, 6) is -5.99. The minimum absolute atomic E-state index is 0.0116. The first-order chi connectivity index (χ1) is 27.3. The van der Waals surface area contributed by atoms with Crippen molar-refractivity contribution in [1.29, 1.82) is 0 Å². The average Bonchev–Trinajstić information content (AvgIpc) is 3.66. The van der Waals surface area contributed by atoms with Crippen LogP contribution in [0.25, 0.3) is 0 Å². The standard InChI is InChI=1S/C41H61N7O10/c1-7-58-31(49)18-12-11-16-28(44-35(51)27-23-43-20-19-26(27)40(56)57)36(52)47-33(41(4,5)6)39(55)48-21-13-17-30(48)38(54)45-29(22-24(2)3)37(53)46-32(34(42)50)25-14-9-8-10-15-25/h12,18-20,23-25,28-30,32-33H,7-11,13-17,21-22H2,1-6H3,(H2,42,50)(H,44,51)(H,45,54)(H,46,53)(H,47,52)(H,56,57)/b18-12+/t28-,29-,30-,32-,33+/m0/s1. The molecule has 17 nitrogen and oxygen atoms in total. The molecule has 0 aromatic carbocycles. The van der Waals surface area contributed by atoms with Crippen LogP contribution in [0, 0.1) is 17.3 Å². The summed E-state index contributed by atoms with van der Waals surface area (Å²) in [7, 11) is 0. The number of carboxylic acid groups (broad SMARTS) is 1. The summed E-state index contributed by atoms with van der Waals surface area (Å²) in [6.07, 6.45) is 10.5. The van der Waals surface area contributed by atoms with Crippen LogP contribution in [0.5, 0.6) is 0 Å². The van der Waals surface area contributed by atoms with Crippen LogP contribution in [-0.4, -0.2) is 106 Å². The number of nitrogens with two attached hydrogens (primary N) is 1. The van der Waals surface area contributed by atoms with Crippen LogP contribution in [-0.2, 0) is 33.5 Å². The molecular formula is C41H61N7O10. The van der Waals surface area contributed by atoms with Gasteiger partial charge in [0, 0.05) is 25.0 Å². The first-order valence-electron chi connectivity index (χ1n) is 20.2. The van der Waals surface area contributed by atoms with Crippen LogP contribution < -0.4 is 27.0 Å². The third-order valence-corrected chi connectivity index (χ3v) is 10.4. The second-order valence-corrected chi connectivity index (χ2v) is 16.5. The summed E-state index contributed by atoms with van der Waals surface area (Å²) in [5, 5.41) is 20.6. The number of hydrogen-bond donors (Lipinski definition) is 6. The van der Waals surface area contributed by atoms with Gasteiger partial charge in [-0.3, -0.25) is 33.8 Å². The monoisotopic (exact) mass is 811 g/mol. The Bertz CT molecular complexity index is 1680. The third-order valence-electron chi connectivity index (χ3n) is 10.4. The van der Waals surface area contributed by atoms with Gasteiger partial charge >= 0.3 is 11.9 Å². The van der Waals surface area contributed by atoms with Gasteiger partial charge < -0.3 is 41.7 Å². The average molecular weight is 812 g/mol. The minimum atomic E-state index is -1.38. The van der Waals surface area contributed by atoms with Crippen molar-refractivity contribution in [2.75, 3.05) is 13.2 Å². The molecule has 58 heavy (non-hydrogen) atoms. The number of likely N-dealkylation sites (tertiary alicyclic amines) is 1. The van der Waals surface area contributed by atoms with Crippen LogP contribution >= 0.6 is 0 Å². The minimum Gasteiger partial charge on any atom is -0.478 e. The zero-order valence-electron chi connectivity index (χ0n) is 34.5. The number of carboxylic acids is 1. The second-order valence-electron chi connectivity index (χ2n) is 16.5. The molecule has 0 unspecified atom stereocenters. The Hall–Kier alpha value is -5.35. The Morgan fingerprint density at radius 2 is 1.60 bits per heavy atom. The number of aromatic nitrogens is 1. The summed E-state index contributed by atoms with van der Waals surface area (Å²) in [6.45, 7) is 11.0. The number of carbonyl (C=O) groups is 8. The summed E-state index contributed by atoms with van der Waals surface area (Å²) < 4.78 is 4.90. The van der Waals surface area contributed by atoms with Crippen LogP contribution in [0.3, 0.4) is 0 Å². The molecule has 320 valence electrons. The number of aromatic carboxylic acids is 1. The molecule has 2 heterocycles. The second kappa shape index (κ2) is 22.0. The van der Waals surface area contributed by atoms with E-state index in [9.17, 15) is 43.5 Å². The molecule has 3 rings (SSSR count). The molecule has 5 atom stereocenters. The zero-order valence-corrected chi connectivity index (χ0v) is 34.5. The van der Waals surface area contributed by atoms with Gasteiger partial charge in [-0.05, 0) is 75.2 Å². The molecule has 1 aromatic rings. The Balaban J connectivity index is 1.83. The van der Waals surface area contributed by atoms with Gasteiger partial charge in [0.2, 0.25) is 29.5 Å². The lowest BCUT2D eigenvalue weighted by molar-refractivity contribution is -0.144. The van der Waals surface area contributed by atoms with E-state index in [1.807, 2.05) is 13.8 Å². The van der Waals surface area contributed by atoms with E-state index in [0.717, 1.165) is 44.4 Å². The molecule has 6 amide bonds. The smallest absolute Gasteiger partial charge is 0.336 e. The van der Waals surface area contributed by atoms with E-state index in [2.05, 4.69) is 26.3 Å². The number of hydrogen-bond acceptors (Lipinski definition) is 10. The number of pyridine rings is 1. The quantitative estimate of drug-likeness (QED) is 0.0874. The molecular weight excluding hydrogens is 750 g/mol. The maximum atomic E-state index is 14.4. The molecule has 0 radical (unpaired) electrons. The summed E-state index contributed by atoms with van der Waals surface area (Å²) in [4.78, 5) is 111. The summed E-state index contributed by atoms with van der Waals surface area (Å²) in [6, 6.07) is -4.19. The van der Waals surface area contributed by atoms with Crippen molar-refractivity contribution < 1.29 is 48.2 Å².